The molecule has 1 atom stereocenters. The van der Waals surface area contributed by atoms with E-state index in [9.17, 15) is 0 Å². The van der Waals surface area contributed by atoms with Crippen LogP contribution in [0.3, 0.4) is 0 Å². The van der Waals surface area contributed by atoms with Gasteiger partial charge in [0.1, 0.15) is 0 Å². The molecular weight excluding hydrogens is 312 g/mol. The molecule has 0 spiro atoms. The third-order valence-electron chi connectivity index (χ3n) is 1.10. The second-order valence-electron chi connectivity index (χ2n) is 4.32. The zero-order chi connectivity index (χ0) is 18.2. The maximum atomic E-state index is 8.56. The Balaban J connectivity index is -0.000000372. The topological polar surface area (TPSA) is 181 Å². The first-order chi connectivity index (χ1) is 9.96. The van der Waals surface area contributed by atoms with Crippen molar-refractivity contribution < 1.29 is 60.0 Å². The highest BCUT2D eigenvalue weighted by Gasteiger charge is 2.14. The minimum absolute atomic E-state index is 0.482. The summed E-state index contributed by atoms with van der Waals surface area (Å²) < 4.78 is 0. The Kier molecular flexibility index (Phi) is 18.0. The zero-order valence-electron chi connectivity index (χ0n) is 12.6. The lowest BCUT2D eigenvalue weighted by atomic mass is 10.2. The van der Waals surface area contributed by atoms with E-state index < -0.39 is 24.2 Å². The summed E-state index contributed by atoms with van der Waals surface area (Å²) in [7, 11) is 0. The van der Waals surface area contributed by atoms with Gasteiger partial charge in [-0.25, -0.2) is 19.7 Å². The lowest BCUT2D eigenvalue weighted by Crippen LogP contribution is -2.21. The molecule has 5 N–H and O–H groups in total. The minimum Gasteiger partial charge on any atom is -0.450 e. The summed E-state index contributed by atoms with van der Waals surface area (Å²) in [6.07, 6.45) is -3.28. The van der Waals surface area contributed by atoms with Crippen LogP contribution in [0.25, 0.3) is 0 Å². The van der Waals surface area contributed by atoms with Gasteiger partial charge in [-0.05, 0) is 30.8 Å². The Morgan fingerprint density at radius 3 is 1.68 bits per heavy atom. The van der Waals surface area contributed by atoms with Crippen LogP contribution in [0.15, 0.2) is 0 Å². The van der Waals surface area contributed by atoms with Gasteiger partial charge < -0.3 is 20.4 Å². The van der Waals surface area contributed by atoms with Crippen molar-refractivity contribution in [2.75, 3.05) is 0 Å². The molecule has 0 aliphatic heterocycles. The molecule has 0 rings (SSSR count). The normalized spacial score (nSPS) is 11.3. The maximum absolute atomic E-state index is 8.56. The van der Waals surface area contributed by atoms with Crippen molar-refractivity contribution in [3.63, 3.8) is 0 Å². The Morgan fingerprint density at radius 2 is 1.41 bits per heavy atom. The summed E-state index contributed by atoms with van der Waals surface area (Å²) in [5, 5.41) is 44.7. The number of hydrogen-bond donors (Lipinski definition) is 5. The molecule has 0 aromatic heterocycles. The fraction of sp³-hybridized carbons (Fsp3) is 0.800. The molecular formula is C10H22O12. The lowest BCUT2D eigenvalue weighted by Gasteiger charge is -2.16. The van der Waals surface area contributed by atoms with Crippen LogP contribution >= 0.6 is 0 Å². The average Bonchev–Trinajstić information content (AvgIpc) is 2.30. The van der Waals surface area contributed by atoms with Crippen LogP contribution in [0, 0.1) is 0 Å². The van der Waals surface area contributed by atoms with Crippen LogP contribution in [0.4, 0.5) is 9.59 Å². The standard InChI is InChI=1S/C8H18O6.2CH2O3/c1-5-6-7(10-9)11-13-14-12-8(2,3)4;2*2-1(3)4/h7,9H,5-6H2,1-4H3;2*(H2,2,3,4). The molecule has 0 aliphatic rings. The molecule has 0 heterocycles. The highest BCUT2D eigenvalue weighted by molar-refractivity contribution is 5.53. The molecule has 0 saturated heterocycles. The second kappa shape index (κ2) is 15.7. The van der Waals surface area contributed by atoms with Crippen LogP contribution in [-0.4, -0.2) is 49.9 Å². The molecule has 0 bridgehead atoms. The van der Waals surface area contributed by atoms with Crippen LogP contribution in [-0.2, 0) is 24.7 Å². The van der Waals surface area contributed by atoms with Crippen molar-refractivity contribution in [2.45, 2.75) is 52.4 Å². The van der Waals surface area contributed by atoms with Gasteiger partial charge in [0.15, 0.2) is 0 Å². The van der Waals surface area contributed by atoms with Gasteiger partial charge in [-0.3, -0.25) is 0 Å². The predicted octanol–water partition coefficient (Wildman–Crippen LogP) is 2.66. The van der Waals surface area contributed by atoms with E-state index >= 15 is 0 Å². The molecule has 22 heavy (non-hydrogen) atoms. The van der Waals surface area contributed by atoms with Gasteiger partial charge in [0.05, 0.1) is 5.60 Å². The molecule has 12 nitrogen and oxygen atoms in total. The molecule has 0 saturated carbocycles. The highest BCUT2D eigenvalue weighted by atomic mass is 17.7. The fourth-order valence-corrected chi connectivity index (χ4v) is 0.530. The SMILES string of the molecule is CCCC(OO)OOOOC(C)(C)C.O=C(O)O.O=C(O)O. The van der Waals surface area contributed by atoms with Gasteiger partial charge in [0.2, 0.25) is 6.29 Å². The van der Waals surface area contributed by atoms with Crippen molar-refractivity contribution in [2.24, 2.45) is 0 Å². The van der Waals surface area contributed by atoms with E-state index in [1.54, 1.807) is 20.8 Å². The van der Waals surface area contributed by atoms with Crippen LogP contribution in [0.5, 0.6) is 0 Å². The number of carboxylic acid groups (broad SMARTS) is 4. The van der Waals surface area contributed by atoms with Gasteiger partial charge in [-0.1, -0.05) is 13.3 Å². The quantitative estimate of drug-likeness (QED) is 0.199. The molecule has 134 valence electrons. The van der Waals surface area contributed by atoms with E-state index in [-0.39, 0.29) is 0 Å². The molecule has 1 unspecified atom stereocenters. The third-order valence-corrected chi connectivity index (χ3v) is 1.10. The molecule has 0 aromatic rings. The molecule has 0 amide bonds. The maximum Gasteiger partial charge on any atom is 0.503 e. The summed E-state index contributed by atoms with van der Waals surface area (Å²) in [6, 6.07) is 0. The number of rotatable bonds is 7. The van der Waals surface area contributed by atoms with Crippen molar-refractivity contribution in [1.82, 2.24) is 0 Å². The van der Waals surface area contributed by atoms with E-state index in [4.69, 9.17) is 40.2 Å². The first-order valence-electron chi connectivity index (χ1n) is 5.78. The molecule has 12 heteroatoms. The minimum atomic E-state index is -1.83. The van der Waals surface area contributed by atoms with Gasteiger partial charge in [-0.15, -0.1) is 0 Å². The summed E-state index contributed by atoms with van der Waals surface area (Å²) in [5.74, 6) is 0. The van der Waals surface area contributed by atoms with Crippen molar-refractivity contribution in [3.8, 4) is 0 Å². The van der Waals surface area contributed by atoms with Crippen molar-refractivity contribution in [3.05, 3.63) is 0 Å². The van der Waals surface area contributed by atoms with Crippen molar-refractivity contribution >= 4 is 12.3 Å². The van der Waals surface area contributed by atoms with Crippen LogP contribution in [0.2, 0.25) is 0 Å². The smallest absolute Gasteiger partial charge is 0.450 e. The predicted molar refractivity (Wildman–Crippen MR) is 67.8 cm³/mol. The first kappa shape index (κ1) is 25.3. The summed E-state index contributed by atoms with van der Waals surface area (Å²) in [4.78, 5) is 30.3. The summed E-state index contributed by atoms with van der Waals surface area (Å²) in [6.45, 7) is 7.25. The summed E-state index contributed by atoms with van der Waals surface area (Å²) in [5.41, 5.74) is -0.496. The molecule has 0 aliphatic carbocycles. The largest absolute Gasteiger partial charge is 0.503 e. The third kappa shape index (κ3) is 42.9. The van der Waals surface area contributed by atoms with E-state index in [2.05, 4.69) is 19.9 Å². The van der Waals surface area contributed by atoms with E-state index in [1.807, 2.05) is 6.92 Å². The van der Waals surface area contributed by atoms with Gasteiger partial charge in [-0.2, -0.15) is 9.78 Å². The van der Waals surface area contributed by atoms with Gasteiger partial charge in [0.25, 0.3) is 0 Å². The zero-order valence-corrected chi connectivity index (χ0v) is 12.6. The average molecular weight is 334 g/mol. The highest BCUT2D eigenvalue weighted by Crippen LogP contribution is 2.09. The number of carbonyl (C=O) groups is 2. The van der Waals surface area contributed by atoms with Gasteiger partial charge >= 0.3 is 12.3 Å². The Morgan fingerprint density at radius 1 is 1.00 bits per heavy atom. The summed E-state index contributed by atoms with van der Waals surface area (Å²) >= 11 is 0. The monoisotopic (exact) mass is 334 g/mol. The fourth-order valence-electron chi connectivity index (χ4n) is 0.530. The lowest BCUT2D eigenvalue weighted by molar-refractivity contribution is -0.672. The van der Waals surface area contributed by atoms with Crippen LogP contribution in [0.1, 0.15) is 40.5 Å². The van der Waals surface area contributed by atoms with E-state index in [0.29, 0.717) is 6.42 Å². The molecule has 0 aromatic carbocycles. The van der Waals surface area contributed by atoms with Crippen LogP contribution < -0.4 is 0 Å². The van der Waals surface area contributed by atoms with Gasteiger partial charge in [0, 0.05) is 6.42 Å². The Bertz CT molecular complexity index is 254. The Labute approximate surface area is 126 Å². The Hall–Kier alpha value is -1.70. The molecule has 0 fully saturated rings. The van der Waals surface area contributed by atoms with E-state index in [1.165, 1.54) is 0 Å². The second-order valence-corrected chi connectivity index (χ2v) is 4.32. The number of hydrogen-bond acceptors (Lipinski definition) is 8. The first-order valence-corrected chi connectivity index (χ1v) is 5.78. The van der Waals surface area contributed by atoms with Crippen molar-refractivity contribution in [1.29, 1.82) is 0 Å². The van der Waals surface area contributed by atoms with E-state index in [0.717, 1.165) is 6.42 Å². The molecule has 0 radical (unpaired) electrons.